The average molecular weight is 478 g/mol. The van der Waals surface area contributed by atoms with Crippen LogP contribution in [0.2, 0.25) is 0 Å². The fourth-order valence-corrected chi connectivity index (χ4v) is 4.75. The summed E-state index contributed by atoms with van der Waals surface area (Å²) >= 11 is 1.34. The van der Waals surface area contributed by atoms with Crippen molar-refractivity contribution in [1.82, 2.24) is 24.6 Å². The number of nitrogens with zero attached hydrogens (tertiary/aromatic N) is 5. The van der Waals surface area contributed by atoms with E-state index >= 15 is 0 Å². The van der Waals surface area contributed by atoms with Gasteiger partial charge < -0.3 is 18.6 Å². The summed E-state index contributed by atoms with van der Waals surface area (Å²) in [6.07, 6.45) is 3.11. The van der Waals surface area contributed by atoms with Crippen LogP contribution in [-0.2, 0) is 4.79 Å². The highest BCUT2D eigenvalue weighted by Gasteiger charge is 2.27. The number of rotatable bonds is 6. The van der Waals surface area contributed by atoms with E-state index in [0.717, 1.165) is 17.0 Å². The van der Waals surface area contributed by atoms with Crippen molar-refractivity contribution in [1.29, 1.82) is 0 Å². The largest absolute Gasteiger partial charge is 0.469 e. The Morgan fingerprint density at radius 1 is 0.912 bits per heavy atom. The van der Waals surface area contributed by atoms with Crippen LogP contribution in [-0.4, -0.2) is 68.3 Å². The quantitative estimate of drug-likeness (QED) is 0.392. The average Bonchev–Trinajstić information content (AvgIpc) is 3.64. The van der Waals surface area contributed by atoms with E-state index in [1.807, 2.05) is 47.9 Å². The van der Waals surface area contributed by atoms with Gasteiger partial charge in [-0.25, -0.2) is 0 Å². The van der Waals surface area contributed by atoms with Crippen LogP contribution in [0.5, 0.6) is 0 Å². The van der Waals surface area contributed by atoms with Crippen molar-refractivity contribution in [3.8, 4) is 17.1 Å². The van der Waals surface area contributed by atoms with Crippen molar-refractivity contribution in [2.75, 3.05) is 31.9 Å². The van der Waals surface area contributed by atoms with E-state index < -0.39 is 0 Å². The molecule has 0 unspecified atom stereocenters. The number of hydrogen-bond acceptors (Lipinski definition) is 7. The molecule has 0 N–H and O–H groups in total. The first kappa shape index (κ1) is 22.0. The summed E-state index contributed by atoms with van der Waals surface area (Å²) in [4.78, 5) is 28.9. The Morgan fingerprint density at radius 2 is 1.68 bits per heavy atom. The molecule has 10 heteroatoms. The Balaban J connectivity index is 1.27. The highest BCUT2D eigenvalue weighted by Crippen LogP contribution is 2.30. The zero-order valence-corrected chi connectivity index (χ0v) is 19.4. The van der Waals surface area contributed by atoms with Gasteiger partial charge in [-0.1, -0.05) is 30.0 Å². The number of aromatic nitrogens is 3. The molecule has 0 radical (unpaired) electrons. The van der Waals surface area contributed by atoms with Gasteiger partial charge in [0.25, 0.3) is 5.91 Å². The van der Waals surface area contributed by atoms with E-state index in [-0.39, 0.29) is 17.6 Å². The Morgan fingerprint density at radius 3 is 2.35 bits per heavy atom. The van der Waals surface area contributed by atoms with Crippen LogP contribution in [0.25, 0.3) is 17.1 Å². The van der Waals surface area contributed by atoms with E-state index in [2.05, 4.69) is 10.2 Å². The molecule has 0 aliphatic carbocycles. The number of carbonyl (C=O) groups is 2. The minimum atomic E-state index is -0.149. The molecule has 0 atom stereocenters. The molecule has 34 heavy (non-hydrogen) atoms. The molecule has 0 saturated carbocycles. The van der Waals surface area contributed by atoms with Gasteiger partial charge >= 0.3 is 0 Å². The minimum absolute atomic E-state index is 0.00116. The van der Waals surface area contributed by atoms with Crippen LogP contribution in [0.1, 0.15) is 16.3 Å². The molecule has 0 spiro atoms. The van der Waals surface area contributed by atoms with Gasteiger partial charge in [0, 0.05) is 31.9 Å². The third kappa shape index (κ3) is 4.36. The maximum absolute atomic E-state index is 12.9. The molecule has 2 amide bonds. The lowest BCUT2D eigenvalue weighted by Gasteiger charge is -2.34. The second-order valence-electron chi connectivity index (χ2n) is 7.81. The van der Waals surface area contributed by atoms with E-state index in [9.17, 15) is 9.59 Å². The maximum atomic E-state index is 12.9. The van der Waals surface area contributed by atoms with Crippen LogP contribution in [0.15, 0.2) is 75.0 Å². The molecular weight excluding hydrogens is 454 g/mol. The van der Waals surface area contributed by atoms with Crippen LogP contribution in [0, 0.1) is 6.92 Å². The van der Waals surface area contributed by atoms with Crippen LogP contribution >= 0.6 is 11.8 Å². The number of para-hydroxylation sites is 1. The molecule has 3 aromatic heterocycles. The molecular formula is C24H23N5O4S. The standard InChI is InChI=1S/C24H23N5O4S/c1-17-19(9-15-32-17)22-25-26-24(29(22)18-6-3-2-4-7-18)34-16-21(30)27-10-12-28(13-11-27)23(31)20-8-5-14-33-20/h2-9,14-15H,10-13,16H2,1H3. The zero-order chi connectivity index (χ0) is 23.5. The van der Waals surface area contributed by atoms with Crippen molar-refractivity contribution in [3.63, 3.8) is 0 Å². The van der Waals surface area contributed by atoms with Gasteiger partial charge in [0.1, 0.15) is 5.76 Å². The van der Waals surface area contributed by atoms with E-state index in [1.54, 1.807) is 28.2 Å². The van der Waals surface area contributed by atoms with E-state index in [0.29, 0.717) is 42.9 Å². The molecule has 1 aromatic carbocycles. The lowest BCUT2D eigenvalue weighted by molar-refractivity contribution is -0.129. The summed E-state index contributed by atoms with van der Waals surface area (Å²) in [5.74, 6) is 1.81. The smallest absolute Gasteiger partial charge is 0.289 e. The molecule has 1 aliphatic rings. The summed E-state index contributed by atoms with van der Waals surface area (Å²) < 4.78 is 12.6. The van der Waals surface area contributed by atoms with Crippen molar-refractivity contribution in [2.24, 2.45) is 0 Å². The van der Waals surface area contributed by atoms with Crippen molar-refractivity contribution >= 4 is 23.6 Å². The molecule has 1 saturated heterocycles. The topological polar surface area (TPSA) is 97.6 Å². The Hall–Kier alpha value is -3.79. The first-order chi connectivity index (χ1) is 16.6. The minimum Gasteiger partial charge on any atom is -0.469 e. The molecule has 4 heterocycles. The van der Waals surface area contributed by atoms with Gasteiger partial charge in [-0.15, -0.1) is 10.2 Å². The number of thioether (sulfide) groups is 1. The fraction of sp³-hybridized carbons (Fsp3) is 0.250. The number of amides is 2. The maximum Gasteiger partial charge on any atom is 0.289 e. The van der Waals surface area contributed by atoms with Gasteiger partial charge in [-0.05, 0) is 37.3 Å². The van der Waals surface area contributed by atoms with Crippen LogP contribution in [0.4, 0.5) is 0 Å². The highest BCUT2D eigenvalue weighted by atomic mass is 32.2. The summed E-state index contributed by atoms with van der Waals surface area (Å²) in [7, 11) is 0. The molecule has 5 rings (SSSR count). The predicted molar refractivity (Wildman–Crippen MR) is 126 cm³/mol. The summed E-state index contributed by atoms with van der Waals surface area (Å²) in [5.41, 5.74) is 1.76. The second kappa shape index (κ2) is 9.60. The van der Waals surface area contributed by atoms with Gasteiger partial charge in [-0.2, -0.15) is 0 Å². The van der Waals surface area contributed by atoms with Gasteiger partial charge in [0.2, 0.25) is 5.91 Å². The predicted octanol–water partition coefficient (Wildman–Crippen LogP) is 3.51. The summed E-state index contributed by atoms with van der Waals surface area (Å²) in [6.45, 7) is 3.79. The second-order valence-corrected chi connectivity index (χ2v) is 8.75. The normalized spacial score (nSPS) is 13.9. The van der Waals surface area contributed by atoms with Crippen molar-refractivity contribution in [3.05, 3.63) is 72.6 Å². The highest BCUT2D eigenvalue weighted by molar-refractivity contribution is 7.99. The van der Waals surface area contributed by atoms with Crippen LogP contribution in [0.3, 0.4) is 0 Å². The van der Waals surface area contributed by atoms with Gasteiger partial charge in [0.15, 0.2) is 16.7 Å². The van der Waals surface area contributed by atoms with Crippen LogP contribution < -0.4 is 0 Å². The third-order valence-corrected chi connectivity index (χ3v) is 6.64. The summed E-state index contributed by atoms with van der Waals surface area (Å²) in [5, 5.41) is 9.39. The molecule has 1 aliphatic heterocycles. The Labute approximate surface area is 200 Å². The monoisotopic (exact) mass is 477 g/mol. The number of benzene rings is 1. The van der Waals surface area contributed by atoms with Crippen molar-refractivity contribution in [2.45, 2.75) is 12.1 Å². The molecule has 4 aromatic rings. The zero-order valence-electron chi connectivity index (χ0n) is 18.6. The first-order valence-electron chi connectivity index (χ1n) is 10.9. The summed E-state index contributed by atoms with van der Waals surface area (Å²) in [6, 6.07) is 15.0. The Bertz CT molecular complexity index is 1270. The molecule has 174 valence electrons. The number of furan rings is 2. The fourth-order valence-electron chi connectivity index (χ4n) is 3.90. The third-order valence-electron chi connectivity index (χ3n) is 5.72. The number of piperazine rings is 1. The number of carbonyl (C=O) groups excluding carboxylic acids is 2. The van der Waals surface area contributed by atoms with Gasteiger partial charge in [-0.3, -0.25) is 14.2 Å². The van der Waals surface area contributed by atoms with E-state index in [1.165, 1.54) is 18.0 Å². The molecule has 0 bridgehead atoms. The molecule has 1 fully saturated rings. The first-order valence-corrected chi connectivity index (χ1v) is 11.9. The Kier molecular flexibility index (Phi) is 6.22. The van der Waals surface area contributed by atoms with Crippen molar-refractivity contribution < 1.29 is 18.4 Å². The van der Waals surface area contributed by atoms with Gasteiger partial charge in [0.05, 0.1) is 23.8 Å². The number of hydrogen-bond donors (Lipinski definition) is 0. The number of aryl methyl sites for hydroxylation is 1. The lowest BCUT2D eigenvalue weighted by Crippen LogP contribution is -2.51. The molecule has 9 nitrogen and oxygen atoms in total. The lowest BCUT2D eigenvalue weighted by atomic mass is 10.2. The van der Waals surface area contributed by atoms with E-state index in [4.69, 9.17) is 8.83 Å². The SMILES string of the molecule is Cc1occc1-c1nnc(SCC(=O)N2CCN(C(=O)c3ccco3)CC2)n1-c1ccccc1.